The molecule has 3 N–H and O–H groups in total. The minimum atomic E-state index is 0.339. The van der Waals surface area contributed by atoms with E-state index in [0.717, 1.165) is 4.47 Å². The Morgan fingerprint density at radius 3 is 2.71 bits per heavy atom. The molecular formula is C11H17BrN2. The third kappa shape index (κ3) is 3.40. The van der Waals surface area contributed by atoms with Gasteiger partial charge in [-0.3, -0.25) is 0 Å². The van der Waals surface area contributed by atoms with Gasteiger partial charge in [-0.25, -0.2) is 0 Å². The molecule has 0 aromatic heterocycles. The predicted molar refractivity (Wildman–Crippen MR) is 64.2 cm³/mol. The highest BCUT2D eigenvalue weighted by Crippen LogP contribution is 2.17. The van der Waals surface area contributed by atoms with Gasteiger partial charge in [0.25, 0.3) is 0 Å². The van der Waals surface area contributed by atoms with Crippen molar-refractivity contribution in [1.29, 1.82) is 0 Å². The fraction of sp³-hybridized carbons (Fsp3) is 0.455. The minimum Gasteiger partial charge on any atom is -0.329 e. The molecule has 3 heteroatoms. The zero-order valence-electron chi connectivity index (χ0n) is 8.63. The number of rotatable bonds is 4. The van der Waals surface area contributed by atoms with Crippen molar-refractivity contribution in [3.05, 3.63) is 34.3 Å². The largest absolute Gasteiger partial charge is 0.329 e. The topological polar surface area (TPSA) is 38.0 Å². The van der Waals surface area contributed by atoms with E-state index in [9.17, 15) is 0 Å². The van der Waals surface area contributed by atoms with E-state index < -0.39 is 0 Å². The van der Waals surface area contributed by atoms with Crippen LogP contribution in [0.1, 0.15) is 25.5 Å². The Balaban J connectivity index is 2.64. The average molecular weight is 257 g/mol. The third-order valence-corrected chi connectivity index (χ3v) is 2.73. The first-order valence-electron chi connectivity index (χ1n) is 4.85. The molecule has 0 bridgehead atoms. The third-order valence-electron chi connectivity index (χ3n) is 2.24. The zero-order valence-corrected chi connectivity index (χ0v) is 10.2. The molecule has 14 heavy (non-hydrogen) atoms. The summed E-state index contributed by atoms with van der Waals surface area (Å²) in [6.45, 7) is 4.90. The molecule has 1 rings (SSSR count). The standard InChI is InChI=1S/C11H17BrN2/c1-8(7-13)14-9(2)10-4-3-5-11(12)6-10/h3-6,8-9,14H,7,13H2,1-2H3/t8?,9-/m0/s1. The van der Waals surface area contributed by atoms with E-state index in [1.54, 1.807) is 0 Å². The van der Waals surface area contributed by atoms with Crippen LogP contribution in [0.2, 0.25) is 0 Å². The lowest BCUT2D eigenvalue weighted by atomic mass is 10.1. The Bertz CT molecular complexity index is 288. The lowest BCUT2D eigenvalue weighted by Gasteiger charge is -2.19. The molecule has 0 heterocycles. The first-order chi connectivity index (χ1) is 6.63. The van der Waals surface area contributed by atoms with Gasteiger partial charge in [0.2, 0.25) is 0 Å². The van der Waals surface area contributed by atoms with Gasteiger partial charge in [0.05, 0.1) is 0 Å². The molecule has 0 saturated carbocycles. The Hall–Kier alpha value is -0.380. The van der Waals surface area contributed by atoms with Crippen molar-refractivity contribution in [2.45, 2.75) is 25.9 Å². The van der Waals surface area contributed by atoms with Crippen LogP contribution in [0.4, 0.5) is 0 Å². The number of nitrogens with two attached hydrogens (primary N) is 1. The summed E-state index contributed by atoms with van der Waals surface area (Å²) in [6, 6.07) is 9.01. The number of benzene rings is 1. The molecule has 1 aromatic rings. The Labute approximate surface area is 94.0 Å². The summed E-state index contributed by atoms with van der Waals surface area (Å²) in [6.07, 6.45) is 0. The van der Waals surface area contributed by atoms with Gasteiger partial charge in [0, 0.05) is 23.1 Å². The second-order valence-electron chi connectivity index (χ2n) is 3.58. The van der Waals surface area contributed by atoms with Crippen molar-refractivity contribution in [1.82, 2.24) is 5.32 Å². The molecule has 0 spiro atoms. The molecule has 0 aliphatic rings. The summed E-state index contributed by atoms with van der Waals surface area (Å²) in [5.74, 6) is 0. The average Bonchev–Trinajstić information content (AvgIpc) is 2.17. The van der Waals surface area contributed by atoms with Gasteiger partial charge < -0.3 is 11.1 Å². The Morgan fingerprint density at radius 1 is 1.43 bits per heavy atom. The molecule has 0 radical (unpaired) electrons. The summed E-state index contributed by atoms with van der Waals surface area (Å²) in [5.41, 5.74) is 6.83. The quantitative estimate of drug-likeness (QED) is 0.869. The fourth-order valence-corrected chi connectivity index (χ4v) is 1.78. The molecular weight excluding hydrogens is 240 g/mol. The van der Waals surface area contributed by atoms with Crippen LogP contribution in [0.5, 0.6) is 0 Å². The van der Waals surface area contributed by atoms with E-state index in [2.05, 4.69) is 47.2 Å². The SMILES string of the molecule is CC(CN)N[C@@H](C)c1cccc(Br)c1. The van der Waals surface area contributed by atoms with Gasteiger partial charge in [-0.1, -0.05) is 28.1 Å². The highest BCUT2D eigenvalue weighted by atomic mass is 79.9. The normalized spacial score (nSPS) is 15.1. The summed E-state index contributed by atoms with van der Waals surface area (Å²) in [5, 5.41) is 3.43. The van der Waals surface area contributed by atoms with Crippen LogP contribution < -0.4 is 11.1 Å². The molecule has 1 aromatic carbocycles. The van der Waals surface area contributed by atoms with Gasteiger partial charge in [-0.2, -0.15) is 0 Å². The van der Waals surface area contributed by atoms with Crippen LogP contribution >= 0.6 is 15.9 Å². The highest BCUT2D eigenvalue weighted by Gasteiger charge is 2.07. The molecule has 0 saturated heterocycles. The van der Waals surface area contributed by atoms with Crippen molar-refractivity contribution >= 4 is 15.9 Å². The molecule has 78 valence electrons. The summed E-state index contributed by atoms with van der Waals surface area (Å²) < 4.78 is 1.11. The maximum absolute atomic E-state index is 5.56. The molecule has 1 unspecified atom stereocenters. The van der Waals surface area contributed by atoms with E-state index in [-0.39, 0.29) is 0 Å². The monoisotopic (exact) mass is 256 g/mol. The molecule has 0 amide bonds. The van der Waals surface area contributed by atoms with Gasteiger partial charge in [0.1, 0.15) is 0 Å². The summed E-state index contributed by atoms with van der Waals surface area (Å²) in [7, 11) is 0. The number of halogens is 1. The van der Waals surface area contributed by atoms with Crippen molar-refractivity contribution < 1.29 is 0 Å². The number of nitrogens with one attached hydrogen (secondary N) is 1. The maximum Gasteiger partial charge on any atom is 0.0295 e. The molecule has 0 aliphatic carbocycles. The van der Waals surface area contributed by atoms with E-state index in [1.807, 2.05) is 12.1 Å². The van der Waals surface area contributed by atoms with Crippen LogP contribution in [-0.4, -0.2) is 12.6 Å². The van der Waals surface area contributed by atoms with E-state index >= 15 is 0 Å². The Kier molecular flexibility index (Phi) is 4.58. The lowest BCUT2D eigenvalue weighted by Crippen LogP contribution is -2.34. The first-order valence-corrected chi connectivity index (χ1v) is 5.64. The molecule has 2 nitrogen and oxygen atoms in total. The molecule has 0 aliphatic heterocycles. The van der Waals surface area contributed by atoms with Gasteiger partial charge in [-0.05, 0) is 31.5 Å². The summed E-state index contributed by atoms with van der Waals surface area (Å²) >= 11 is 3.46. The summed E-state index contributed by atoms with van der Waals surface area (Å²) in [4.78, 5) is 0. The van der Waals surface area contributed by atoms with Crippen LogP contribution in [0.3, 0.4) is 0 Å². The smallest absolute Gasteiger partial charge is 0.0295 e. The van der Waals surface area contributed by atoms with Crippen LogP contribution in [0, 0.1) is 0 Å². The van der Waals surface area contributed by atoms with Gasteiger partial charge in [-0.15, -0.1) is 0 Å². The van der Waals surface area contributed by atoms with Crippen LogP contribution in [-0.2, 0) is 0 Å². The maximum atomic E-state index is 5.56. The first kappa shape index (κ1) is 11.7. The van der Waals surface area contributed by atoms with Crippen molar-refractivity contribution in [3.8, 4) is 0 Å². The Morgan fingerprint density at radius 2 is 2.14 bits per heavy atom. The van der Waals surface area contributed by atoms with Crippen LogP contribution in [0.25, 0.3) is 0 Å². The van der Waals surface area contributed by atoms with Crippen molar-refractivity contribution in [2.75, 3.05) is 6.54 Å². The minimum absolute atomic E-state index is 0.339. The zero-order chi connectivity index (χ0) is 10.6. The number of hydrogen-bond donors (Lipinski definition) is 2. The predicted octanol–water partition coefficient (Wildman–Crippen LogP) is 2.45. The molecule has 0 fully saturated rings. The van der Waals surface area contributed by atoms with Crippen molar-refractivity contribution in [2.24, 2.45) is 5.73 Å². The van der Waals surface area contributed by atoms with E-state index in [1.165, 1.54) is 5.56 Å². The number of hydrogen-bond acceptors (Lipinski definition) is 2. The second kappa shape index (κ2) is 5.49. The highest BCUT2D eigenvalue weighted by molar-refractivity contribution is 9.10. The molecule has 2 atom stereocenters. The van der Waals surface area contributed by atoms with E-state index in [0.29, 0.717) is 18.6 Å². The van der Waals surface area contributed by atoms with Crippen LogP contribution in [0.15, 0.2) is 28.7 Å². The van der Waals surface area contributed by atoms with E-state index in [4.69, 9.17) is 5.73 Å². The van der Waals surface area contributed by atoms with Gasteiger partial charge in [0.15, 0.2) is 0 Å². The second-order valence-corrected chi connectivity index (χ2v) is 4.50. The lowest BCUT2D eigenvalue weighted by molar-refractivity contribution is 0.485. The fourth-order valence-electron chi connectivity index (χ4n) is 1.37. The van der Waals surface area contributed by atoms with Gasteiger partial charge >= 0.3 is 0 Å². The van der Waals surface area contributed by atoms with Crippen molar-refractivity contribution in [3.63, 3.8) is 0 Å².